The molecule has 0 saturated carbocycles. The Hall–Kier alpha value is -3.40. The van der Waals surface area contributed by atoms with E-state index in [0.717, 1.165) is 55.2 Å². The van der Waals surface area contributed by atoms with Crippen LogP contribution in [0.3, 0.4) is 0 Å². The van der Waals surface area contributed by atoms with Crippen LogP contribution in [-0.2, 0) is 19.3 Å². The second-order valence-electron chi connectivity index (χ2n) is 8.09. The molecule has 172 valence electrons. The summed E-state index contributed by atoms with van der Waals surface area (Å²) >= 11 is 0. The molecular weight excluding hydrogens is 412 g/mol. The Kier molecular flexibility index (Phi) is 8.82. The summed E-state index contributed by atoms with van der Waals surface area (Å²) < 4.78 is 12.0. The monoisotopic (exact) mass is 444 g/mol. The molecule has 0 radical (unpaired) electrons. The third kappa shape index (κ3) is 6.10. The van der Waals surface area contributed by atoms with E-state index in [1.807, 2.05) is 12.1 Å². The highest BCUT2D eigenvalue weighted by Crippen LogP contribution is 2.40. The number of carbonyl (C=O) groups is 2. The van der Waals surface area contributed by atoms with Crippen molar-refractivity contribution in [3.8, 4) is 11.5 Å². The number of benzene rings is 3. The van der Waals surface area contributed by atoms with E-state index < -0.39 is 11.9 Å². The Labute approximate surface area is 196 Å². The Morgan fingerprint density at radius 2 is 1.06 bits per heavy atom. The van der Waals surface area contributed by atoms with E-state index >= 15 is 0 Å². The van der Waals surface area contributed by atoms with Gasteiger partial charge < -0.3 is 9.47 Å². The number of esters is 2. The first kappa shape index (κ1) is 24.2. The molecule has 0 amide bonds. The van der Waals surface area contributed by atoms with Crippen molar-refractivity contribution in [3.05, 3.63) is 94.5 Å². The van der Waals surface area contributed by atoms with Gasteiger partial charge >= 0.3 is 11.9 Å². The van der Waals surface area contributed by atoms with Crippen molar-refractivity contribution in [2.24, 2.45) is 0 Å². The maximum Gasteiger partial charge on any atom is 0.343 e. The summed E-state index contributed by atoms with van der Waals surface area (Å²) in [5.41, 5.74) is 3.90. The van der Waals surface area contributed by atoms with E-state index in [9.17, 15) is 9.59 Å². The van der Waals surface area contributed by atoms with Crippen LogP contribution in [0.1, 0.15) is 77.4 Å². The molecule has 0 bridgehead atoms. The fourth-order valence-corrected chi connectivity index (χ4v) is 3.93. The summed E-state index contributed by atoms with van der Waals surface area (Å²) in [6.45, 7) is 6.31. The zero-order valence-corrected chi connectivity index (χ0v) is 19.7. The van der Waals surface area contributed by atoms with E-state index in [0.29, 0.717) is 22.6 Å². The van der Waals surface area contributed by atoms with Gasteiger partial charge in [0.25, 0.3) is 0 Å². The van der Waals surface area contributed by atoms with Crippen molar-refractivity contribution in [2.45, 2.75) is 59.3 Å². The minimum Gasteiger partial charge on any atom is -0.419 e. The molecule has 0 aliphatic rings. The van der Waals surface area contributed by atoms with Crippen LogP contribution in [0.2, 0.25) is 0 Å². The molecule has 0 saturated heterocycles. The lowest BCUT2D eigenvalue weighted by atomic mass is 9.93. The highest BCUT2D eigenvalue weighted by atomic mass is 16.6. The van der Waals surface area contributed by atoms with Crippen molar-refractivity contribution < 1.29 is 19.1 Å². The topological polar surface area (TPSA) is 52.6 Å². The number of carbonyl (C=O) groups excluding carboxylic acids is 2. The summed E-state index contributed by atoms with van der Waals surface area (Å²) in [4.78, 5) is 26.0. The third-order valence-electron chi connectivity index (χ3n) is 5.46. The van der Waals surface area contributed by atoms with Gasteiger partial charge in [0.05, 0.1) is 11.1 Å². The van der Waals surface area contributed by atoms with Crippen molar-refractivity contribution >= 4 is 11.9 Å². The summed E-state index contributed by atoms with van der Waals surface area (Å²) in [7, 11) is 0. The molecule has 0 heterocycles. The molecule has 0 fully saturated rings. The Morgan fingerprint density at radius 1 is 0.606 bits per heavy atom. The number of ether oxygens (including phenoxy) is 2. The predicted molar refractivity (Wildman–Crippen MR) is 131 cm³/mol. The smallest absolute Gasteiger partial charge is 0.343 e. The summed E-state index contributed by atoms with van der Waals surface area (Å²) in [5.74, 6) is -0.181. The van der Waals surface area contributed by atoms with Crippen LogP contribution < -0.4 is 9.47 Å². The van der Waals surface area contributed by atoms with Gasteiger partial charge in [-0.15, -0.1) is 0 Å². The Bertz CT molecular complexity index is 1070. The van der Waals surface area contributed by atoms with Gasteiger partial charge in [0.15, 0.2) is 11.5 Å². The van der Waals surface area contributed by atoms with E-state index in [2.05, 4.69) is 26.8 Å². The zero-order valence-electron chi connectivity index (χ0n) is 19.7. The van der Waals surface area contributed by atoms with Gasteiger partial charge in [-0.1, -0.05) is 82.5 Å². The van der Waals surface area contributed by atoms with Gasteiger partial charge in [0.2, 0.25) is 0 Å². The molecule has 0 unspecified atom stereocenters. The second-order valence-corrected chi connectivity index (χ2v) is 8.09. The maximum atomic E-state index is 13.1. The molecule has 3 aromatic rings. The SMILES string of the molecule is CCCc1cc(CCC)c(OC(=O)c2ccccc2)c(OC(=O)c2ccccc2)c1CCC. The lowest BCUT2D eigenvalue weighted by Gasteiger charge is -2.21. The first-order valence-corrected chi connectivity index (χ1v) is 11.8. The van der Waals surface area contributed by atoms with Crippen molar-refractivity contribution in [3.63, 3.8) is 0 Å². The van der Waals surface area contributed by atoms with Gasteiger partial charge in [0.1, 0.15) is 0 Å². The normalized spacial score (nSPS) is 10.6. The highest BCUT2D eigenvalue weighted by Gasteiger charge is 2.25. The fourth-order valence-electron chi connectivity index (χ4n) is 3.93. The minimum atomic E-state index is -0.462. The summed E-state index contributed by atoms with van der Waals surface area (Å²) in [6.07, 6.45) is 5.05. The average Bonchev–Trinajstić information content (AvgIpc) is 2.84. The molecule has 4 nitrogen and oxygen atoms in total. The first-order chi connectivity index (χ1) is 16.1. The summed E-state index contributed by atoms with van der Waals surface area (Å²) in [6, 6.07) is 19.9. The van der Waals surface area contributed by atoms with Crippen LogP contribution >= 0.6 is 0 Å². The molecule has 0 aliphatic heterocycles. The number of aryl methyl sites for hydroxylation is 2. The van der Waals surface area contributed by atoms with Gasteiger partial charge in [-0.2, -0.15) is 0 Å². The van der Waals surface area contributed by atoms with Gasteiger partial charge in [-0.25, -0.2) is 9.59 Å². The van der Waals surface area contributed by atoms with Gasteiger partial charge in [-0.05, 0) is 54.7 Å². The average molecular weight is 445 g/mol. The molecule has 0 N–H and O–H groups in total. The molecule has 3 rings (SSSR count). The molecule has 0 atom stereocenters. The van der Waals surface area contributed by atoms with Crippen LogP contribution in [0.4, 0.5) is 0 Å². The standard InChI is InChI=1S/C29H32O4/c1-4-13-23-20-24(14-5-2)26(32-28(30)21-16-9-7-10-17-21)27(25(23)15-6-3)33-29(31)22-18-11-8-12-19-22/h7-12,16-20H,4-6,13-15H2,1-3H3. The van der Waals surface area contributed by atoms with Gasteiger partial charge in [0, 0.05) is 5.56 Å². The predicted octanol–water partition coefficient (Wildman–Crippen LogP) is 6.98. The third-order valence-corrected chi connectivity index (χ3v) is 5.46. The molecule has 0 spiro atoms. The second kappa shape index (κ2) is 12.0. The van der Waals surface area contributed by atoms with Crippen LogP contribution in [-0.4, -0.2) is 11.9 Å². The van der Waals surface area contributed by atoms with Gasteiger partial charge in [-0.3, -0.25) is 0 Å². The molecule has 33 heavy (non-hydrogen) atoms. The van der Waals surface area contributed by atoms with E-state index in [-0.39, 0.29) is 0 Å². The minimum absolute atomic E-state index is 0.360. The summed E-state index contributed by atoms with van der Waals surface area (Å²) in [5, 5.41) is 0. The van der Waals surface area contributed by atoms with Crippen molar-refractivity contribution in [1.29, 1.82) is 0 Å². The molecule has 3 aromatic carbocycles. The quantitative estimate of drug-likeness (QED) is 0.250. The highest BCUT2D eigenvalue weighted by molar-refractivity contribution is 5.93. The van der Waals surface area contributed by atoms with Crippen LogP contribution in [0.25, 0.3) is 0 Å². The maximum absolute atomic E-state index is 13.1. The van der Waals surface area contributed by atoms with Crippen LogP contribution in [0.15, 0.2) is 66.7 Å². The van der Waals surface area contributed by atoms with E-state index in [1.54, 1.807) is 48.5 Å². The molecule has 0 aromatic heterocycles. The van der Waals surface area contributed by atoms with Crippen molar-refractivity contribution in [1.82, 2.24) is 0 Å². The van der Waals surface area contributed by atoms with Crippen LogP contribution in [0, 0.1) is 0 Å². The van der Waals surface area contributed by atoms with E-state index in [4.69, 9.17) is 9.47 Å². The number of hydrogen-bond acceptors (Lipinski definition) is 4. The molecule has 4 heteroatoms. The Balaban J connectivity index is 2.14. The number of rotatable bonds is 10. The largest absolute Gasteiger partial charge is 0.419 e. The first-order valence-electron chi connectivity index (χ1n) is 11.8. The van der Waals surface area contributed by atoms with E-state index in [1.165, 1.54) is 0 Å². The number of hydrogen-bond donors (Lipinski definition) is 0. The zero-order chi connectivity index (χ0) is 23.6. The molecule has 0 aliphatic carbocycles. The fraction of sp³-hybridized carbons (Fsp3) is 0.310. The Morgan fingerprint density at radius 3 is 1.55 bits per heavy atom. The van der Waals surface area contributed by atoms with Crippen molar-refractivity contribution in [2.75, 3.05) is 0 Å². The van der Waals surface area contributed by atoms with Crippen LogP contribution in [0.5, 0.6) is 11.5 Å². The lowest BCUT2D eigenvalue weighted by molar-refractivity contribution is 0.0679. The lowest BCUT2D eigenvalue weighted by Crippen LogP contribution is -2.16. The molecular formula is C29H32O4.